The molecule has 11 nitrogen and oxygen atoms in total. The normalized spacial score (nSPS) is 13.9. The van der Waals surface area contributed by atoms with Crippen molar-refractivity contribution >= 4 is 63.8 Å². The summed E-state index contributed by atoms with van der Waals surface area (Å²) in [5.41, 5.74) is 2.01. The smallest absolute Gasteiger partial charge is 0.336 e. The van der Waals surface area contributed by atoms with Gasteiger partial charge in [-0.3, -0.25) is 19.7 Å². The maximum Gasteiger partial charge on any atom is 0.336 e. The van der Waals surface area contributed by atoms with Crippen LogP contribution < -0.4 is 34.5 Å². The van der Waals surface area contributed by atoms with Gasteiger partial charge in [0.15, 0.2) is 18.1 Å². The first-order valence-corrected chi connectivity index (χ1v) is 15.0. The highest BCUT2D eigenvalue weighted by atomic mass is 127. The van der Waals surface area contributed by atoms with Crippen LogP contribution in [-0.4, -0.2) is 50.2 Å². The minimum Gasteiger partial charge on any atom is -0.494 e. The molecule has 0 spiro atoms. The summed E-state index contributed by atoms with van der Waals surface area (Å²) in [6.45, 7) is 8.00. The molecule has 0 aliphatic carbocycles. The molecule has 2 N–H and O–H groups in total. The first-order chi connectivity index (χ1) is 21.1. The van der Waals surface area contributed by atoms with E-state index < -0.39 is 17.8 Å². The molecular weight excluding hydrogens is 681 g/mol. The van der Waals surface area contributed by atoms with Crippen molar-refractivity contribution in [3.63, 3.8) is 0 Å². The number of rotatable bonds is 12. The van der Waals surface area contributed by atoms with Crippen molar-refractivity contribution in [3.8, 4) is 23.0 Å². The maximum atomic E-state index is 13.7. The number of hydrogen-bond donors (Lipinski definition) is 2. The number of carbonyl (C=O) groups excluding carboxylic acids is 4. The number of barbiturate groups is 1. The van der Waals surface area contributed by atoms with Gasteiger partial charge in [0.1, 0.15) is 17.1 Å². The van der Waals surface area contributed by atoms with Gasteiger partial charge in [-0.15, -0.1) is 0 Å². The summed E-state index contributed by atoms with van der Waals surface area (Å²) < 4.78 is 23.4. The quantitative estimate of drug-likeness (QED) is 0.143. The minimum atomic E-state index is -0.913. The summed E-state index contributed by atoms with van der Waals surface area (Å²) in [5.74, 6) is -0.701. The number of imide groups is 2. The van der Waals surface area contributed by atoms with E-state index in [4.69, 9.17) is 18.9 Å². The van der Waals surface area contributed by atoms with Gasteiger partial charge in [0, 0.05) is 11.8 Å². The van der Waals surface area contributed by atoms with Gasteiger partial charge < -0.3 is 24.3 Å². The number of aryl methyl sites for hydroxylation is 1. The molecule has 3 aromatic rings. The Morgan fingerprint density at radius 3 is 2.25 bits per heavy atom. The number of benzene rings is 3. The number of halogens is 1. The summed E-state index contributed by atoms with van der Waals surface area (Å²) >= 11 is 2.03. The number of ether oxygens (including phenoxy) is 4. The van der Waals surface area contributed by atoms with E-state index in [0.29, 0.717) is 45.3 Å². The van der Waals surface area contributed by atoms with Gasteiger partial charge in [-0.2, -0.15) is 0 Å². The molecule has 12 heteroatoms. The third-order valence-electron chi connectivity index (χ3n) is 6.21. The molecule has 44 heavy (non-hydrogen) atoms. The summed E-state index contributed by atoms with van der Waals surface area (Å²) in [6.07, 6.45) is 1.36. The Kier molecular flexibility index (Phi) is 10.8. The van der Waals surface area contributed by atoms with Crippen LogP contribution in [0.3, 0.4) is 0 Å². The zero-order valence-electron chi connectivity index (χ0n) is 24.7. The van der Waals surface area contributed by atoms with Gasteiger partial charge in [0.25, 0.3) is 17.7 Å². The first-order valence-electron chi connectivity index (χ1n) is 13.9. The SMILES string of the molecule is CCOc1ccc(OCC)c(N2C(=O)NC(=O)/C(=C\c3cc(I)c(OCC(=O)Nc4ccc(C)cc4)c(OCC)c3)C2=O)c1. The fraction of sp³-hybridized carbons (Fsp3) is 0.250. The van der Waals surface area contributed by atoms with Crippen LogP contribution in [0.4, 0.5) is 16.2 Å². The van der Waals surface area contributed by atoms with Crippen LogP contribution in [0.15, 0.2) is 60.2 Å². The maximum absolute atomic E-state index is 13.7. The molecule has 3 aromatic carbocycles. The van der Waals surface area contributed by atoms with Crippen LogP contribution >= 0.6 is 22.6 Å². The zero-order valence-corrected chi connectivity index (χ0v) is 26.9. The van der Waals surface area contributed by atoms with Crippen LogP contribution in [0.1, 0.15) is 31.9 Å². The number of anilines is 2. The number of nitrogens with one attached hydrogen (secondary N) is 2. The fourth-order valence-electron chi connectivity index (χ4n) is 4.29. The van der Waals surface area contributed by atoms with E-state index in [1.807, 2.05) is 48.6 Å². The third kappa shape index (κ3) is 7.67. The first kappa shape index (κ1) is 32.3. The molecule has 230 valence electrons. The number of nitrogens with zero attached hydrogens (tertiary/aromatic N) is 1. The van der Waals surface area contributed by atoms with Crippen molar-refractivity contribution in [3.05, 3.63) is 74.9 Å². The molecule has 0 unspecified atom stereocenters. The molecule has 0 bridgehead atoms. The summed E-state index contributed by atoms with van der Waals surface area (Å²) in [5, 5.41) is 5.01. The Morgan fingerprint density at radius 2 is 1.57 bits per heavy atom. The van der Waals surface area contributed by atoms with Gasteiger partial charge in [-0.25, -0.2) is 9.69 Å². The van der Waals surface area contributed by atoms with Gasteiger partial charge in [0.05, 0.1) is 29.1 Å². The van der Waals surface area contributed by atoms with Crippen LogP contribution in [-0.2, 0) is 14.4 Å². The highest BCUT2D eigenvalue weighted by Gasteiger charge is 2.38. The third-order valence-corrected chi connectivity index (χ3v) is 7.01. The summed E-state index contributed by atoms with van der Waals surface area (Å²) in [6, 6.07) is 14.5. The number of hydrogen-bond acceptors (Lipinski definition) is 8. The average molecular weight is 714 g/mol. The zero-order chi connectivity index (χ0) is 31.8. The molecule has 0 saturated carbocycles. The van der Waals surface area contributed by atoms with E-state index in [9.17, 15) is 19.2 Å². The lowest BCUT2D eigenvalue weighted by atomic mass is 10.1. The Labute approximate surface area is 268 Å². The lowest BCUT2D eigenvalue weighted by Gasteiger charge is -2.28. The molecule has 0 atom stereocenters. The summed E-state index contributed by atoms with van der Waals surface area (Å²) in [4.78, 5) is 52.8. The standard InChI is InChI=1S/C32H32IN3O8/c1-5-41-22-12-13-26(42-6-2)25(17-22)36-31(39)23(30(38)35-32(36)40)14-20-15-24(33)29(27(16-20)43-7-3)44-18-28(37)34-21-10-8-19(4)9-11-21/h8-17H,5-7,18H2,1-4H3,(H,34,37)(H,35,38,40)/b23-14+. The number of urea groups is 1. The second-order valence-electron chi connectivity index (χ2n) is 9.42. The lowest BCUT2D eigenvalue weighted by molar-refractivity contribution is -0.122. The topological polar surface area (TPSA) is 133 Å². The van der Waals surface area contributed by atoms with Crippen molar-refractivity contribution in [1.29, 1.82) is 0 Å². The monoisotopic (exact) mass is 713 g/mol. The molecule has 4 rings (SSSR count). The Morgan fingerprint density at radius 1 is 0.886 bits per heavy atom. The van der Waals surface area contributed by atoms with Crippen LogP contribution in [0.5, 0.6) is 23.0 Å². The van der Waals surface area contributed by atoms with Gasteiger partial charge in [0.2, 0.25) is 0 Å². The van der Waals surface area contributed by atoms with Crippen LogP contribution in [0, 0.1) is 10.5 Å². The molecule has 5 amide bonds. The minimum absolute atomic E-state index is 0.135. The summed E-state index contributed by atoms with van der Waals surface area (Å²) in [7, 11) is 0. The highest BCUT2D eigenvalue weighted by Crippen LogP contribution is 2.37. The number of carbonyl (C=O) groups is 4. The molecule has 1 aliphatic rings. The van der Waals surface area contributed by atoms with E-state index in [1.165, 1.54) is 12.1 Å². The Balaban J connectivity index is 1.62. The molecule has 1 fully saturated rings. The lowest BCUT2D eigenvalue weighted by Crippen LogP contribution is -2.54. The van der Waals surface area contributed by atoms with Gasteiger partial charge >= 0.3 is 6.03 Å². The van der Waals surface area contributed by atoms with Crippen molar-refractivity contribution in [2.75, 3.05) is 36.6 Å². The Bertz CT molecular complexity index is 1600. The van der Waals surface area contributed by atoms with Crippen molar-refractivity contribution in [2.24, 2.45) is 0 Å². The molecule has 1 aliphatic heterocycles. The predicted octanol–water partition coefficient (Wildman–Crippen LogP) is 5.48. The van der Waals surface area contributed by atoms with E-state index >= 15 is 0 Å². The van der Waals surface area contributed by atoms with Crippen molar-refractivity contribution in [2.45, 2.75) is 27.7 Å². The molecule has 1 heterocycles. The Hall–Kier alpha value is -4.59. The molecule has 1 saturated heterocycles. The second kappa shape index (κ2) is 14.7. The van der Waals surface area contributed by atoms with E-state index in [2.05, 4.69) is 10.6 Å². The van der Waals surface area contributed by atoms with Crippen molar-refractivity contribution in [1.82, 2.24) is 5.32 Å². The largest absolute Gasteiger partial charge is 0.494 e. The van der Waals surface area contributed by atoms with Crippen LogP contribution in [0.2, 0.25) is 0 Å². The van der Waals surface area contributed by atoms with Gasteiger partial charge in [-0.1, -0.05) is 17.7 Å². The molecule has 0 aromatic heterocycles. The molecule has 0 radical (unpaired) electrons. The van der Waals surface area contributed by atoms with Crippen LogP contribution in [0.25, 0.3) is 6.08 Å². The van der Waals surface area contributed by atoms with E-state index in [1.54, 1.807) is 50.2 Å². The second-order valence-corrected chi connectivity index (χ2v) is 10.6. The molecular formula is C32H32IN3O8. The van der Waals surface area contributed by atoms with Crippen molar-refractivity contribution < 1.29 is 38.1 Å². The number of amides is 5. The van der Waals surface area contributed by atoms with Gasteiger partial charge in [-0.05, 0) is 98.3 Å². The highest BCUT2D eigenvalue weighted by molar-refractivity contribution is 14.1. The fourth-order valence-corrected chi connectivity index (χ4v) is 5.08. The average Bonchev–Trinajstić information content (AvgIpc) is 2.97. The van der Waals surface area contributed by atoms with E-state index in [0.717, 1.165) is 10.5 Å². The predicted molar refractivity (Wildman–Crippen MR) is 173 cm³/mol. The van der Waals surface area contributed by atoms with E-state index in [-0.39, 0.29) is 36.1 Å².